The van der Waals surface area contributed by atoms with Gasteiger partial charge < -0.3 is 33.7 Å². The molecule has 0 aliphatic carbocycles. The Morgan fingerprint density at radius 2 is 1.31 bits per heavy atom. The summed E-state index contributed by atoms with van der Waals surface area (Å²) in [4.78, 5) is 13.1. The number of esters is 1. The molecule has 1 aromatic rings. The van der Waals surface area contributed by atoms with Crippen LogP contribution in [0.1, 0.15) is 164 Å². The van der Waals surface area contributed by atoms with Gasteiger partial charge in [0.2, 0.25) is 0 Å². The van der Waals surface area contributed by atoms with E-state index in [9.17, 15) is 4.79 Å². The van der Waals surface area contributed by atoms with E-state index in [1.54, 1.807) is 0 Å². The van der Waals surface area contributed by atoms with E-state index in [-0.39, 0.29) is 18.5 Å². The van der Waals surface area contributed by atoms with E-state index in [0.29, 0.717) is 32.0 Å². The van der Waals surface area contributed by atoms with Gasteiger partial charge in [0.1, 0.15) is 5.75 Å². The van der Waals surface area contributed by atoms with Crippen molar-refractivity contribution in [1.82, 2.24) is 0 Å². The van der Waals surface area contributed by atoms with Crippen molar-refractivity contribution in [2.75, 3.05) is 51.5 Å². The van der Waals surface area contributed by atoms with Crippen molar-refractivity contribution in [3.8, 4) is 5.75 Å². The maximum Gasteiger partial charge on any atom is 0.338 e. The van der Waals surface area contributed by atoms with Crippen LogP contribution in [-0.2, 0) is 23.7 Å². The Bertz CT molecular complexity index is 1090. The van der Waals surface area contributed by atoms with E-state index >= 15 is 0 Å². The quantitative estimate of drug-likeness (QED) is 0.0476. The lowest BCUT2D eigenvalue weighted by atomic mass is 10.1. The van der Waals surface area contributed by atoms with Gasteiger partial charge in [-0.15, -0.1) is 0 Å². The van der Waals surface area contributed by atoms with Gasteiger partial charge >= 0.3 is 5.97 Å². The second-order valence-corrected chi connectivity index (χ2v) is 14.4. The van der Waals surface area contributed by atoms with Crippen molar-refractivity contribution in [1.29, 1.82) is 0 Å². The van der Waals surface area contributed by atoms with E-state index in [1.165, 1.54) is 64.2 Å². The molecule has 2 heterocycles. The predicted octanol–water partition coefficient (Wildman–Crippen LogP) is 11.4. The van der Waals surface area contributed by atoms with Crippen LogP contribution in [0.15, 0.2) is 36.4 Å². The highest BCUT2D eigenvalue weighted by atomic mass is 16.7. The molecule has 2 atom stereocenters. The Morgan fingerprint density at radius 1 is 0.712 bits per heavy atom. The lowest BCUT2D eigenvalue weighted by Crippen LogP contribution is -2.22. The van der Waals surface area contributed by atoms with Crippen molar-refractivity contribution in [2.24, 2.45) is 0 Å². The van der Waals surface area contributed by atoms with Crippen LogP contribution in [0.5, 0.6) is 5.75 Å². The molecule has 8 nitrogen and oxygen atoms in total. The lowest BCUT2D eigenvalue weighted by molar-refractivity contribution is -0.163. The number of anilines is 1. The first-order chi connectivity index (χ1) is 25.7. The zero-order valence-corrected chi connectivity index (χ0v) is 33.0. The van der Waals surface area contributed by atoms with Crippen LogP contribution in [0.4, 0.5) is 5.69 Å². The normalized spacial score (nSPS) is 18.0. The number of ether oxygens (including phenoxy) is 6. The molecule has 296 valence electrons. The number of carbonyl (C=O) groups excluding carboxylic acids is 1. The molecule has 52 heavy (non-hydrogen) atoms. The van der Waals surface area contributed by atoms with E-state index in [4.69, 9.17) is 28.4 Å². The molecule has 0 radical (unpaired) electrons. The Hall–Kier alpha value is -2.39. The average molecular weight is 728 g/mol. The number of hydrogen-bond acceptors (Lipinski definition) is 8. The highest BCUT2D eigenvalue weighted by Crippen LogP contribution is 2.29. The summed E-state index contributed by atoms with van der Waals surface area (Å²) in [6.45, 7) is 8.98. The summed E-state index contributed by atoms with van der Waals surface area (Å²) in [5.74, 6) is 0.428. The fourth-order valence-electron chi connectivity index (χ4n) is 6.43. The Morgan fingerprint density at radius 3 is 1.96 bits per heavy atom. The summed E-state index contributed by atoms with van der Waals surface area (Å²) in [5, 5.41) is 3.55. The fourth-order valence-corrected chi connectivity index (χ4v) is 6.43. The van der Waals surface area contributed by atoms with Crippen LogP contribution in [0.25, 0.3) is 0 Å². The van der Waals surface area contributed by atoms with Crippen molar-refractivity contribution in [3.05, 3.63) is 47.6 Å². The number of nitrogens with one attached hydrogen (secondary N) is 1. The van der Waals surface area contributed by atoms with Gasteiger partial charge in [-0.05, 0) is 122 Å². The van der Waals surface area contributed by atoms with Gasteiger partial charge in [0.25, 0.3) is 0 Å². The maximum atomic E-state index is 13.1. The maximum absolute atomic E-state index is 13.1. The first kappa shape index (κ1) is 44.0. The molecule has 2 fully saturated rings. The van der Waals surface area contributed by atoms with E-state index in [1.807, 2.05) is 12.1 Å². The first-order valence-electron chi connectivity index (χ1n) is 21.1. The Labute approximate surface area is 316 Å². The molecule has 2 aliphatic rings. The molecule has 0 amide bonds. The molecule has 0 aromatic heterocycles. The standard InChI is InChI=1S/C44H73NO7/c1-3-4-5-6-7-8-9-10-11-12-13-14-15-16-17-21-30-47-41-37-39(44(46)52-35-26-25-34-51-43-28-19-23-32-49-43)36-40(38(41)2)45-29-20-24-33-50-42-27-18-22-31-48-42/h7-8,10-11,36-37,42-43,45H,3-6,9,12-35H2,1-2H3. The van der Waals surface area contributed by atoms with Crippen LogP contribution in [-0.4, -0.2) is 64.7 Å². The van der Waals surface area contributed by atoms with Gasteiger partial charge in [-0.1, -0.05) is 69.8 Å². The SMILES string of the molecule is CCCCCC=CCC=CCCCCCCCCOc1cc(C(=O)OCCCCOC2CCCCO2)cc(NCCCCOC2CCCCO2)c1C. The predicted molar refractivity (Wildman–Crippen MR) is 212 cm³/mol. The van der Waals surface area contributed by atoms with E-state index < -0.39 is 0 Å². The molecule has 0 bridgehead atoms. The highest BCUT2D eigenvalue weighted by Gasteiger charge is 2.17. The van der Waals surface area contributed by atoms with Gasteiger partial charge in [-0.25, -0.2) is 4.79 Å². The molecular weight excluding hydrogens is 654 g/mol. The number of allylic oxidation sites excluding steroid dienone is 4. The Balaban J connectivity index is 1.35. The van der Waals surface area contributed by atoms with Gasteiger partial charge in [0.15, 0.2) is 12.6 Å². The average Bonchev–Trinajstić information content (AvgIpc) is 3.17. The molecular formula is C44H73NO7. The van der Waals surface area contributed by atoms with Gasteiger partial charge in [-0.3, -0.25) is 0 Å². The van der Waals surface area contributed by atoms with Crippen LogP contribution in [0.3, 0.4) is 0 Å². The minimum atomic E-state index is -0.320. The number of carbonyl (C=O) groups is 1. The fraction of sp³-hybridized carbons (Fsp3) is 0.750. The molecule has 2 aliphatic heterocycles. The second kappa shape index (κ2) is 30.0. The zero-order chi connectivity index (χ0) is 36.7. The van der Waals surface area contributed by atoms with E-state index in [0.717, 1.165) is 114 Å². The molecule has 0 saturated carbocycles. The van der Waals surface area contributed by atoms with Crippen LogP contribution < -0.4 is 10.1 Å². The summed E-state index contributed by atoms with van der Waals surface area (Å²) < 4.78 is 35.0. The Kier molecular flexibility index (Phi) is 25.4. The molecule has 0 spiro atoms. The number of unbranched alkanes of at least 4 members (excludes halogenated alkanes) is 11. The van der Waals surface area contributed by atoms with Crippen LogP contribution in [0, 0.1) is 6.92 Å². The third-order valence-electron chi connectivity index (χ3n) is 9.74. The van der Waals surface area contributed by atoms with Crippen LogP contribution >= 0.6 is 0 Å². The number of benzene rings is 1. The monoisotopic (exact) mass is 728 g/mol. The molecule has 2 unspecified atom stereocenters. The molecule has 3 rings (SSSR count). The smallest absolute Gasteiger partial charge is 0.338 e. The largest absolute Gasteiger partial charge is 0.493 e. The zero-order valence-electron chi connectivity index (χ0n) is 33.0. The molecule has 2 saturated heterocycles. The summed E-state index contributed by atoms with van der Waals surface area (Å²) in [5.41, 5.74) is 2.45. The van der Waals surface area contributed by atoms with Crippen molar-refractivity contribution in [2.45, 2.75) is 168 Å². The first-order valence-corrected chi connectivity index (χ1v) is 21.1. The highest BCUT2D eigenvalue weighted by molar-refractivity contribution is 5.91. The molecule has 8 heteroatoms. The third kappa shape index (κ3) is 20.7. The van der Waals surface area contributed by atoms with Gasteiger partial charge in [-0.2, -0.15) is 0 Å². The van der Waals surface area contributed by atoms with Crippen LogP contribution in [0.2, 0.25) is 0 Å². The second-order valence-electron chi connectivity index (χ2n) is 14.4. The van der Waals surface area contributed by atoms with Gasteiger partial charge in [0, 0.05) is 44.2 Å². The number of rotatable bonds is 30. The van der Waals surface area contributed by atoms with Crippen molar-refractivity contribution in [3.63, 3.8) is 0 Å². The van der Waals surface area contributed by atoms with Gasteiger partial charge in [0.05, 0.1) is 18.8 Å². The molecule has 1 aromatic carbocycles. The topological polar surface area (TPSA) is 84.5 Å². The lowest BCUT2D eigenvalue weighted by Gasteiger charge is -2.22. The summed E-state index contributed by atoms with van der Waals surface area (Å²) in [6, 6.07) is 3.75. The van der Waals surface area contributed by atoms with Crippen molar-refractivity contribution < 1.29 is 33.2 Å². The van der Waals surface area contributed by atoms with Crippen molar-refractivity contribution >= 4 is 11.7 Å². The molecule has 1 N–H and O–H groups in total. The summed E-state index contributed by atoms with van der Waals surface area (Å²) in [6.07, 6.45) is 33.7. The summed E-state index contributed by atoms with van der Waals surface area (Å²) in [7, 11) is 0. The van der Waals surface area contributed by atoms with E-state index in [2.05, 4.69) is 43.5 Å². The minimum Gasteiger partial charge on any atom is -0.493 e. The number of hydrogen-bond donors (Lipinski definition) is 1. The minimum absolute atomic E-state index is 0.0466. The summed E-state index contributed by atoms with van der Waals surface area (Å²) >= 11 is 0. The third-order valence-corrected chi connectivity index (χ3v) is 9.74.